The number of rotatable bonds is 4. The molecule has 0 aliphatic rings. The van der Waals surface area contributed by atoms with E-state index in [1.54, 1.807) is 18.0 Å². The van der Waals surface area contributed by atoms with Gasteiger partial charge >= 0.3 is 0 Å². The summed E-state index contributed by atoms with van der Waals surface area (Å²) in [4.78, 5) is 0. The summed E-state index contributed by atoms with van der Waals surface area (Å²) in [6, 6.07) is 24.3. The molecule has 24 heavy (non-hydrogen) atoms. The molecular weight excluding hydrogens is 316 g/mol. The van der Waals surface area contributed by atoms with Crippen molar-refractivity contribution in [3.8, 4) is 28.3 Å². The van der Waals surface area contributed by atoms with E-state index in [-0.39, 0.29) is 0 Å². The molecule has 0 N–H and O–H groups in total. The van der Waals surface area contributed by atoms with Crippen LogP contribution in [-0.2, 0) is 0 Å². The van der Waals surface area contributed by atoms with Gasteiger partial charge in [0.2, 0.25) is 0 Å². The van der Waals surface area contributed by atoms with Crippen molar-refractivity contribution in [2.45, 2.75) is 5.03 Å². The second-order valence-electron chi connectivity index (χ2n) is 5.32. The smallest absolute Gasteiger partial charge is 0.138 e. The van der Waals surface area contributed by atoms with Gasteiger partial charge in [-0.25, -0.2) is 4.68 Å². The third-order valence-electron chi connectivity index (χ3n) is 3.85. The van der Waals surface area contributed by atoms with Crippen molar-refractivity contribution in [2.24, 2.45) is 0 Å². The first-order valence-corrected chi connectivity index (χ1v) is 8.92. The number of hydrogen-bond acceptors (Lipinski definition) is 3. The second-order valence-corrected chi connectivity index (χ2v) is 6.12. The van der Waals surface area contributed by atoms with Crippen molar-refractivity contribution >= 4 is 11.8 Å². The summed E-state index contributed by atoms with van der Waals surface area (Å²) in [5, 5.41) is 5.98. The zero-order valence-corrected chi connectivity index (χ0v) is 14.0. The predicted octanol–water partition coefficient (Wildman–Crippen LogP) is 5.52. The molecule has 0 saturated carbocycles. The van der Waals surface area contributed by atoms with E-state index < -0.39 is 0 Å². The zero-order valence-electron chi connectivity index (χ0n) is 13.2. The minimum absolute atomic E-state index is 0.834. The minimum Gasteiger partial charge on any atom is -0.464 e. The molecule has 2 aromatic carbocycles. The topological polar surface area (TPSA) is 31.0 Å². The lowest BCUT2D eigenvalue weighted by atomic mass is 10.1. The molecule has 118 valence electrons. The number of thioether (sulfide) groups is 1. The van der Waals surface area contributed by atoms with Crippen LogP contribution in [0.2, 0.25) is 0 Å². The molecule has 0 atom stereocenters. The molecular formula is C20H16N2OS. The third kappa shape index (κ3) is 2.55. The highest BCUT2D eigenvalue weighted by Crippen LogP contribution is 2.40. The van der Waals surface area contributed by atoms with Gasteiger partial charge in [0.05, 0.1) is 17.5 Å². The van der Waals surface area contributed by atoms with Crippen LogP contribution in [0.3, 0.4) is 0 Å². The lowest BCUT2D eigenvalue weighted by Gasteiger charge is -2.05. The summed E-state index contributed by atoms with van der Waals surface area (Å²) in [6.45, 7) is 0. The number of para-hydroxylation sites is 1. The summed E-state index contributed by atoms with van der Waals surface area (Å²) in [7, 11) is 0. The molecule has 0 unspecified atom stereocenters. The Balaban J connectivity index is 2.01. The number of furan rings is 1. The van der Waals surface area contributed by atoms with Crippen LogP contribution < -0.4 is 0 Å². The summed E-state index contributed by atoms with van der Waals surface area (Å²) in [5.41, 5.74) is 4.08. The van der Waals surface area contributed by atoms with Gasteiger partial charge in [-0.15, -0.1) is 11.8 Å². The van der Waals surface area contributed by atoms with Gasteiger partial charge in [0.1, 0.15) is 16.5 Å². The standard InChI is InChI=1S/C20H16N2OS/c1-24-20-18(17-13-8-14-23-17)19(15-9-4-2-5-10-15)21-22(20)16-11-6-3-7-12-16/h2-14H,1H3. The van der Waals surface area contributed by atoms with E-state index >= 15 is 0 Å². The predicted molar refractivity (Wildman–Crippen MR) is 98.5 cm³/mol. The Hall–Kier alpha value is -2.72. The van der Waals surface area contributed by atoms with Crippen LogP contribution in [0.1, 0.15) is 0 Å². The van der Waals surface area contributed by atoms with Crippen LogP contribution in [0.15, 0.2) is 88.5 Å². The van der Waals surface area contributed by atoms with Crippen molar-refractivity contribution < 1.29 is 4.42 Å². The second kappa shape index (κ2) is 6.42. The molecule has 4 heteroatoms. The fourth-order valence-electron chi connectivity index (χ4n) is 2.78. The first kappa shape index (κ1) is 14.8. The molecule has 0 bridgehead atoms. The Labute approximate surface area is 144 Å². The molecule has 0 fully saturated rings. The fourth-order valence-corrected chi connectivity index (χ4v) is 3.50. The number of benzene rings is 2. The summed E-state index contributed by atoms with van der Waals surface area (Å²) in [6.07, 6.45) is 3.77. The summed E-state index contributed by atoms with van der Waals surface area (Å²) >= 11 is 1.67. The highest BCUT2D eigenvalue weighted by molar-refractivity contribution is 7.98. The molecule has 0 saturated heterocycles. The highest BCUT2D eigenvalue weighted by atomic mass is 32.2. The third-order valence-corrected chi connectivity index (χ3v) is 4.62. The Kier molecular flexibility index (Phi) is 3.97. The molecule has 0 radical (unpaired) electrons. The van der Waals surface area contributed by atoms with E-state index in [1.165, 1.54) is 0 Å². The Bertz CT molecular complexity index is 929. The molecule has 0 aliphatic carbocycles. The molecule has 2 heterocycles. The monoisotopic (exact) mass is 332 g/mol. The summed E-state index contributed by atoms with van der Waals surface area (Å²) in [5.74, 6) is 0.834. The maximum absolute atomic E-state index is 5.71. The Morgan fingerprint density at radius 3 is 2.21 bits per heavy atom. The van der Waals surface area contributed by atoms with E-state index in [0.29, 0.717) is 0 Å². The number of nitrogens with zero attached hydrogens (tertiary/aromatic N) is 2. The first-order valence-electron chi connectivity index (χ1n) is 7.70. The molecule has 2 aromatic heterocycles. The normalized spacial score (nSPS) is 10.9. The minimum atomic E-state index is 0.834. The van der Waals surface area contributed by atoms with Crippen LogP contribution in [0.5, 0.6) is 0 Å². The lowest BCUT2D eigenvalue weighted by molar-refractivity contribution is 0.581. The van der Waals surface area contributed by atoms with Crippen LogP contribution in [0.4, 0.5) is 0 Å². The van der Waals surface area contributed by atoms with E-state index in [1.807, 2.05) is 53.2 Å². The Morgan fingerprint density at radius 1 is 0.875 bits per heavy atom. The molecule has 0 aliphatic heterocycles. The van der Waals surface area contributed by atoms with Crippen molar-refractivity contribution in [1.82, 2.24) is 9.78 Å². The van der Waals surface area contributed by atoms with Gasteiger partial charge < -0.3 is 4.42 Å². The molecule has 0 amide bonds. The van der Waals surface area contributed by atoms with Crippen molar-refractivity contribution in [1.29, 1.82) is 0 Å². The van der Waals surface area contributed by atoms with E-state index in [9.17, 15) is 0 Å². The molecule has 4 aromatic rings. The first-order chi connectivity index (χ1) is 11.9. The maximum atomic E-state index is 5.71. The van der Waals surface area contributed by atoms with Gasteiger partial charge in [-0.05, 0) is 30.5 Å². The zero-order chi connectivity index (χ0) is 16.4. The van der Waals surface area contributed by atoms with E-state index in [4.69, 9.17) is 9.52 Å². The van der Waals surface area contributed by atoms with Crippen LogP contribution in [0.25, 0.3) is 28.3 Å². The molecule has 4 rings (SSSR count). The van der Waals surface area contributed by atoms with Gasteiger partial charge in [0.15, 0.2) is 0 Å². The van der Waals surface area contributed by atoms with Gasteiger partial charge in [-0.3, -0.25) is 0 Å². The Morgan fingerprint density at radius 2 is 1.58 bits per heavy atom. The SMILES string of the molecule is CSc1c(-c2ccco2)c(-c2ccccc2)nn1-c1ccccc1. The van der Waals surface area contributed by atoms with Gasteiger partial charge in [0.25, 0.3) is 0 Å². The average Bonchev–Trinajstić information content (AvgIpc) is 3.30. The fraction of sp³-hybridized carbons (Fsp3) is 0.0500. The van der Waals surface area contributed by atoms with Crippen molar-refractivity contribution in [3.05, 3.63) is 79.1 Å². The highest BCUT2D eigenvalue weighted by Gasteiger charge is 2.22. The van der Waals surface area contributed by atoms with Gasteiger partial charge in [0, 0.05) is 5.56 Å². The van der Waals surface area contributed by atoms with Gasteiger partial charge in [-0.1, -0.05) is 48.5 Å². The van der Waals surface area contributed by atoms with Crippen LogP contribution in [0, 0.1) is 0 Å². The van der Waals surface area contributed by atoms with E-state index in [2.05, 4.69) is 30.5 Å². The largest absolute Gasteiger partial charge is 0.464 e. The quantitative estimate of drug-likeness (QED) is 0.461. The lowest BCUT2D eigenvalue weighted by Crippen LogP contribution is -1.97. The maximum Gasteiger partial charge on any atom is 0.138 e. The van der Waals surface area contributed by atoms with Crippen LogP contribution >= 0.6 is 11.8 Å². The average molecular weight is 332 g/mol. The number of hydrogen-bond donors (Lipinski definition) is 0. The molecule has 3 nitrogen and oxygen atoms in total. The molecule has 0 spiro atoms. The van der Waals surface area contributed by atoms with Crippen LogP contribution in [-0.4, -0.2) is 16.0 Å². The van der Waals surface area contributed by atoms with Crippen molar-refractivity contribution in [3.63, 3.8) is 0 Å². The van der Waals surface area contributed by atoms with E-state index in [0.717, 1.165) is 33.3 Å². The number of aromatic nitrogens is 2. The summed E-state index contributed by atoms with van der Waals surface area (Å²) < 4.78 is 7.70. The van der Waals surface area contributed by atoms with Crippen molar-refractivity contribution in [2.75, 3.05) is 6.26 Å². The van der Waals surface area contributed by atoms with Gasteiger partial charge in [-0.2, -0.15) is 5.10 Å².